The van der Waals surface area contributed by atoms with E-state index in [2.05, 4.69) is 31.1 Å². The van der Waals surface area contributed by atoms with Crippen LogP contribution in [0.15, 0.2) is 47.4 Å². The first kappa shape index (κ1) is 21.3. The Bertz CT molecular complexity index is 1140. The van der Waals surface area contributed by atoms with E-state index in [1.54, 1.807) is 19.1 Å². The Balaban J connectivity index is 1.69. The maximum Gasteiger partial charge on any atom is 0.266 e. The van der Waals surface area contributed by atoms with E-state index in [0.717, 1.165) is 6.26 Å². The van der Waals surface area contributed by atoms with Gasteiger partial charge in [0, 0.05) is 6.26 Å². The van der Waals surface area contributed by atoms with Crippen molar-refractivity contribution in [1.82, 2.24) is 4.98 Å². The molecule has 1 heterocycles. The molecule has 1 N–H and O–H groups in total. The molecule has 0 saturated carbocycles. The number of nitrogens with zero attached hydrogens (tertiary/aromatic N) is 1. The Labute approximate surface area is 174 Å². The van der Waals surface area contributed by atoms with Gasteiger partial charge in [0.25, 0.3) is 5.91 Å². The molecule has 29 heavy (non-hydrogen) atoms. The maximum absolute atomic E-state index is 12.5. The minimum Gasteiger partial charge on any atom is -0.481 e. The van der Waals surface area contributed by atoms with E-state index in [0.29, 0.717) is 21.1 Å². The van der Waals surface area contributed by atoms with E-state index in [1.165, 1.54) is 23.0 Å². The second kappa shape index (κ2) is 7.76. The Kier molecular flexibility index (Phi) is 5.69. The van der Waals surface area contributed by atoms with E-state index in [-0.39, 0.29) is 16.2 Å². The van der Waals surface area contributed by atoms with Crippen LogP contribution in [0, 0.1) is 0 Å². The predicted molar refractivity (Wildman–Crippen MR) is 117 cm³/mol. The van der Waals surface area contributed by atoms with Crippen LogP contribution >= 0.6 is 11.3 Å². The van der Waals surface area contributed by atoms with Crippen LogP contribution in [0.3, 0.4) is 0 Å². The quantitative estimate of drug-likeness (QED) is 0.646. The molecule has 154 valence electrons. The molecule has 3 rings (SSSR count). The van der Waals surface area contributed by atoms with Gasteiger partial charge in [-0.15, -0.1) is 0 Å². The molecular formula is C21H24N2O4S2. The first-order valence-corrected chi connectivity index (χ1v) is 11.8. The molecular weight excluding hydrogens is 408 g/mol. The summed E-state index contributed by atoms with van der Waals surface area (Å²) in [4.78, 5) is 17.0. The van der Waals surface area contributed by atoms with Crippen molar-refractivity contribution >= 4 is 42.4 Å². The van der Waals surface area contributed by atoms with Crippen molar-refractivity contribution in [2.45, 2.75) is 44.1 Å². The lowest BCUT2D eigenvalue weighted by Crippen LogP contribution is -2.30. The molecule has 0 fully saturated rings. The Morgan fingerprint density at radius 2 is 1.79 bits per heavy atom. The third-order valence-electron chi connectivity index (χ3n) is 4.42. The lowest BCUT2D eigenvalue weighted by atomic mass is 9.87. The van der Waals surface area contributed by atoms with Crippen LogP contribution in [-0.4, -0.2) is 31.7 Å². The molecule has 1 aromatic heterocycles. The highest BCUT2D eigenvalue weighted by Gasteiger charge is 2.18. The van der Waals surface area contributed by atoms with Gasteiger partial charge in [-0.1, -0.05) is 44.2 Å². The van der Waals surface area contributed by atoms with Crippen molar-refractivity contribution in [2.75, 3.05) is 11.6 Å². The minimum absolute atomic E-state index is 0.0470. The second-order valence-corrected chi connectivity index (χ2v) is 11.0. The smallest absolute Gasteiger partial charge is 0.266 e. The second-order valence-electron chi connectivity index (χ2n) is 7.94. The monoisotopic (exact) mass is 432 g/mol. The SMILES string of the molecule is C[C@H](Oc1ccc(C(C)(C)C)cc1)C(=O)Nc1nc2ccc(S(C)(=O)=O)cc2s1. The zero-order valence-corrected chi connectivity index (χ0v) is 18.6. The van der Waals surface area contributed by atoms with E-state index >= 15 is 0 Å². The third-order valence-corrected chi connectivity index (χ3v) is 6.46. The molecule has 0 aliphatic rings. The van der Waals surface area contributed by atoms with Gasteiger partial charge < -0.3 is 4.74 Å². The van der Waals surface area contributed by atoms with Gasteiger partial charge in [-0.25, -0.2) is 13.4 Å². The number of thiazole rings is 1. The van der Waals surface area contributed by atoms with Gasteiger partial charge in [0.1, 0.15) is 5.75 Å². The number of carbonyl (C=O) groups excluding carboxylic acids is 1. The van der Waals surface area contributed by atoms with Crippen LogP contribution in [0.1, 0.15) is 33.3 Å². The first-order chi connectivity index (χ1) is 13.4. The van der Waals surface area contributed by atoms with Gasteiger partial charge in [-0.05, 0) is 48.2 Å². The van der Waals surface area contributed by atoms with Crippen LogP contribution in [0.4, 0.5) is 5.13 Å². The number of benzene rings is 2. The molecule has 0 spiro atoms. The summed E-state index contributed by atoms with van der Waals surface area (Å²) in [6.45, 7) is 8.07. The molecule has 0 unspecified atom stereocenters. The number of sulfone groups is 1. The van der Waals surface area contributed by atoms with Crippen LogP contribution in [0.2, 0.25) is 0 Å². The van der Waals surface area contributed by atoms with E-state index in [4.69, 9.17) is 4.74 Å². The van der Waals surface area contributed by atoms with Crippen molar-refractivity contribution < 1.29 is 17.9 Å². The van der Waals surface area contributed by atoms with Gasteiger partial charge in [0.05, 0.1) is 15.1 Å². The van der Waals surface area contributed by atoms with Crippen LogP contribution < -0.4 is 10.1 Å². The Morgan fingerprint density at radius 1 is 1.14 bits per heavy atom. The summed E-state index contributed by atoms with van der Waals surface area (Å²) >= 11 is 1.22. The Morgan fingerprint density at radius 3 is 2.38 bits per heavy atom. The molecule has 1 amide bonds. The van der Waals surface area contributed by atoms with Gasteiger partial charge in [-0.3, -0.25) is 10.1 Å². The number of hydrogen-bond acceptors (Lipinski definition) is 6. The van der Waals surface area contributed by atoms with Crippen LogP contribution in [0.25, 0.3) is 10.2 Å². The summed E-state index contributed by atoms with van der Waals surface area (Å²) in [5.41, 5.74) is 1.86. The van der Waals surface area contributed by atoms with Gasteiger partial charge >= 0.3 is 0 Å². The van der Waals surface area contributed by atoms with E-state index < -0.39 is 15.9 Å². The van der Waals surface area contributed by atoms with Crippen molar-refractivity contribution in [2.24, 2.45) is 0 Å². The predicted octanol–water partition coefficient (Wildman–Crippen LogP) is 4.40. The van der Waals surface area contributed by atoms with Crippen LogP contribution in [-0.2, 0) is 20.0 Å². The van der Waals surface area contributed by atoms with Crippen molar-refractivity contribution in [3.63, 3.8) is 0 Å². The summed E-state index contributed by atoms with van der Waals surface area (Å²) in [6, 6.07) is 12.4. The standard InChI is InChI=1S/C21H24N2O4S2/c1-13(27-15-8-6-14(7-9-15)21(2,3)4)19(24)23-20-22-17-11-10-16(29(5,25)26)12-18(17)28-20/h6-13H,1-5H3,(H,22,23,24)/t13-/m0/s1. The lowest BCUT2D eigenvalue weighted by molar-refractivity contribution is -0.122. The molecule has 0 radical (unpaired) electrons. The zero-order chi connectivity index (χ0) is 21.4. The zero-order valence-electron chi connectivity index (χ0n) is 17.0. The fourth-order valence-electron chi connectivity index (χ4n) is 2.69. The number of nitrogens with one attached hydrogen (secondary N) is 1. The molecule has 0 aliphatic carbocycles. The number of hydrogen-bond donors (Lipinski definition) is 1. The van der Waals surface area contributed by atoms with Crippen molar-refractivity contribution in [1.29, 1.82) is 0 Å². The highest BCUT2D eigenvalue weighted by Crippen LogP contribution is 2.29. The maximum atomic E-state index is 12.5. The molecule has 8 heteroatoms. The highest BCUT2D eigenvalue weighted by molar-refractivity contribution is 7.90. The summed E-state index contributed by atoms with van der Waals surface area (Å²) in [5.74, 6) is 0.287. The minimum atomic E-state index is -3.30. The number of rotatable bonds is 5. The first-order valence-electron chi connectivity index (χ1n) is 9.12. The number of anilines is 1. The topological polar surface area (TPSA) is 85.4 Å². The lowest BCUT2D eigenvalue weighted by Gasteiger charge is -2.20. The molecule has 0 saturated heterocycles. The van der Waals surface area contributed by atoms with Gasteiger partial charge in [0.2, 0.25) is 0 Å². The number of amides is 1. The number of fused-ring (bicyclic) bond motifs is 1. The normalized spacial score (nSPS) is 13.3. The number of aromatic nitrogens is 1. The van der Waals surface area contributed by atoms with E-state index in [9.17, 15) is 13.2 Å². The number of carbonyl (C=O) groups is 1. The van der Waals surface area contributed by atoms with E-state index in [1.807, 2.05) is 24.3 Å². The highest BCUT2D eigenvalue weighted by atomic mass is 32.2. The third kappa shape index (κ3) is 5.13. The summed E-state index contributed by atoms with van der Waals surface area (Å²) < 4.78 is 29.8. The average Bonchev–Trinajstić information content (AvgIpc) is 3.02. The van der Waals surface area contributed by atoms with Gasteiger partial charge in [0.15, 0.2) is 21.1 Å². The largest absolute Gasteiger partial charge is 0.481 e. The fourth-order valence-corrected chi connectivity index (χ4v) is 4.32. The number of ether oxygens (including phenoxy) is 1. The molecule has 1 atom stereocenters. The molecule has 6 nitrogen and oxygen atoms in total. The summed E-state index contributed by atoms with van der Waals surface area (Å²) in [5, 5.41) is 3.14. The van der Waals surface area contributed by atoms with Crippen LogP contribution in [0.5, 0.6) is 5.75 Å². The summed E-state index contributed by atoms with van der Waals surface area (Å²) in [6.07, 6.45) is 0.444. The van der Waals surface area contributed by atoms with Gasteiger partial charge in [-0.2, -0.15) is 0 Å². The average molecular weight is 433 g/mol. The molecule has 2 aromatic carbocycles. The molecule has 0 aliphatic heterocycles. The Hall–Kier alpha value is -2.45. The van der Waals surface area contributed by atoms with Crippen molar-refractivity contribution in [3.8, 4) is 5.75 Å². The molecule has 3 aromatic rings. The van der Waals surface area contributed by atoms with Crippen molar-refractivity contribution in [3.05, 3.63) is 48.0 Å². The molecule has 0 bridgehead atoms. The fraction of sp³-hybridized carbons (Fsp3) is 0.333. The summed E-state index contributed by atoms with van der Waals surface area (Å²) in [7, 11) is -3.30.